The lowest BCUT2D eigenvalue weighted by atomic mass is 10.0. The van der Waals surface area contributed by atoms with E-state index in [2.05, 4.69) is 31.3 Å². The van der Waals surface area contributed by atoms with Crippen molar-refractivity contribution < 1.29 is 9.59 Å². The van der Waals surface area contributed by atoms with Crippen molar-refractivity contribution in [2.75, 3.05) is 5.32 Å². The second-order valence-corrected chi connectivity index (χ2v) is 7.72. The molecule has 1 heterocycles. The van der Waals surface area contributed by atoms with E-state index in [0.717, 1.165) is 22.4 Å². The molecule has 0 aliphatic heterocycles. The molecule has 4 nitrogen and oxygen atoms in total. The van der Waals surface area contributed by atoms with Crippen LogP contribution in [0.2, 0.25) is 0 Å². The first-order valence-corrected chi connectivity index (χ1v) is 8.87. The number of carbonyl (C=O) groups excluding carboxylic acids is 2. The third-order valence-corrected chi connectivity index (χ3v) is 5.04. The van der Waals surface area contributed by atoms with E-state index in [0.29, 0.717) is 16.5 Å². The molecule has 1 aromatic carbocycles. The highest BCUT2D eigenvalue weighted by molar-refractivity contribution is 7.16. The van der Waals surface area contributed by atoms with Crippen molar-refractivity contribution in [1.82, 2.24) is 0 Å². The third-order valence-electron chi connectivity index (χ3n) is 3.92. The first-order valence-electron chi connectivity index (χ1n) is 8.05. The van der Waals surface area contributed by atoms with E-state index in [1.807, 2.05) is 26.0 Å². The minimum atomic E-state index is -0.509. The molecule has 0 saturated heterocycles. The molecule has 0 bridgehead atoms. The Morgan fingerprint density at radius 1 is 1.12 bits per heavy atom. The number of thiophene rings is 1. The quantitative estimate of drug-likeness (QED) is 0.835. The van der Waals surface area contributed by atoms with Gasteiger partial charge in [0.2, 0.25) is 5.91 Å². The second-order valence-electron chi connectivity index (χ2n) is 6.49. The minimum absolute atomic E-state index is 0.143. The van der Waals surface area contributed by atoms with E-state index < -0.39 is 5.91 Å². The van der Waals surface area contributed by atoms with Crippen molar-refractivity contribution in [2.45, 2.75) is 40.5 Å². The van der Waals surface area contributed by atoms with Gasteiger partial charge in [-0.1, -0.05) is 38.1 Å². The molecule has 3 N–H and O–H groups in total. The summed E-state index contributed by atoms with van der Waals surface area (Å²) in [5, 5.41) is 3.37. The maximum Gasteiger partial charge on any atom is 0.251 e. The van der Waals surface area contributed by atoms with Gasteiger partial charge < -0.3 is 11.1 Å². The zero-order valence-electron chi connectivity index (χ0n) is 14.6. The Kier molecular flexibility index (Phi) is 5.78. The molecule has 2 aromatic rings. The Hall–Kier alpha value is -2.14. The molecule has 24 heavy (non-hydrogen) atoms. The van der Waals surface area contributed by atoms with Crippen LogP contribution in [0.15, 0.2) is 24.3 Å². The van der Waals surface area contributed by atoms with Crippen LogP contribution in [-0.4, -0.2) is 11.8 Å². The number of hydrogen-bond acceptors (Lipinski definition) is 3. The second kappa shape index (κ2) is 7.62. The van der Waals surface area contributed by atoms with Crippen molar-refractivity contribution in [3.63, 3.8) is 0 Å². The molecule has 0 saturated carbocycles. The number of carbonyl (C=O) groups is 2. The van der Waals surface area contributed by atoms with E-state index in [9.17, 15) is 9.59 Å². The summed E-state index contributed by atoms with van der Waals surface area (Å²) < 4.78 is 0. The maximum absolute atomic E-state index is 12.3. The van der Waals surface area contributed by atoms with Gasteiger partial charge in [0.25, 0.3) is 5.91 Å². The van der Waals surface area contributed by atoms with Gasteiger partial charge >= 0.3 is 0 Å². The summed E-state index contributed by atoms with van der Waals surface area (Å²) in [6.07, 6.45) is 1.30. The lowest BCUT2D eigenvalue weighted by Gasteiger charge is -2.07. The van der Waals surface area contributed by atoms with Gasteiger partial charge in [-0.25, -0.2) is 0 Å². The number of nitrogens with one attached hydrogen (secondary N) is 1. The Bertz CT molecular complexity index is 745. The third kappa shape index (κ3) is 4.45. The predicted octanol–water partition coefficient (Wildman–Crippen LogP) is 3.84. The minimum Gasteiger partial charge on any atom is -0.365 e. The average Bonchev–Trinajstić information content (AvgIpc) is 2.75. The van der Waals surface area contributed by atoms with Crippen LogP contribution in [0, 0.1) is 19.8 Å². The number of hydrogen-bond donors (Lipinski definition) is 2. The Balaban J connectivity index is 2.06. The topological polar surface area (TPSA) is 72.2 Å². The lowest BCUT2D eigenvalue weighted by molar-refractivity contribution is -0.115. The average molecular weight is 344 g/mol. The highest BCUT2D eigenvalue weighted by Crippen LogP contribution is 2.32. The Labute approximate surface area is 147 Å². The molecule has 5 heteroatoms. The highest BCUT2D eigenvalue weighted by atomic mass is 32.1. The standard InChI is InChI=1S/C19H24N2O2S/c1-11(2)9-14-5-7-15(8-6-14)10-16(22)21-19-17(18(20)23)12(3)13(4)24-19/h5-8,11H,9-10H2,1-4H3,(H2,20,23)(H,21,22). The van der Waals surface area contributed by atoms with Crippen molar-refractivity contribution in [1.29, 1.82) is 0 Å². The molecule has 2 amide bonds. The highest BCUT2D eigenvalue weighted by Gasteiger charge is 2.18. The Morgan fingerprint density at radius 3 is 2.25 bits per heavy atom. The number of anilines is 1. The van der Waals surface area contributed by atoms with Crippen LogP contribution >= 0.6 is 11.3 Å². The monoisotopic (exact) mass is 344 g/mol. The largest absolute Gasteiger partial charge is 0.365 e. The molecule has 0 atom stereocenters. The molecule has 1 aromatic heterocycles. The number of amides is 2. The van der Waals surface area contributed by atoms with Crippen molar-refractivity contribution in [2.24, 2.45) is 11.7 Å². The maximum atomic E-state index is 12.3. The number of nitrogens with two attached hydrogens (primary N) is 1. The molecular formula is C19H24N2O2S. The molecule has 0 unspecified atom stereocenters. The van der Waals surface area contributed by atoms with E-state index >= 15 is 0 Å². The van der Waals surface area contributed by atoms with Gasteiger partial charge in [0, 0.05) is 4.88 Å². The van der Waals surface area contributed by atoms with E-state index in [1.54, 1.807) is 0 Å². The lowest BCUT2D eigenvalue weighted by Crippen LogP contribution is -2.18. The predicted molar refractivity (Wildman–Crippen MR) is 99.6 cm³/mol. The number of aryl methyl sites for hydroxylation is 1. The van der Waals surface area contributed by atoms with Crippen LogP contribution in [0.1, 0.15) is 45.8 Å². The fourth-order valence-electron chi connectivity index (χ4n) is 2.63. The van der Waals surface area contributed by atoms with E-state index in [4.69, 9.17) is 5.73 Å². The summed E-state index contributed by atoms with van der Waals surface area (Å²) in [6.45, 7) is 8.12. The van der Waals surface area contributed by atoms with Gasteiger partial charge in [-0.05, 0) is 42.9 Å². The molecule has 0 radical (unpaired) electrons. The summed E-state index contributed by atoms with van der Waals surface area (Å²) in [5.41, 5.74) is 8.90. The van der Waals surface area contributed by atoms with Crippen LogP contribution in [0.3, 0.4) is 0 Å². The van der Waals surface area contributed by atoms with Gasteiger partial charge in [-0.2, -0.15) is 0 Å². The summed E-state index contributed by atoms with van der Waals surface area (Å²) in [5.74, 6) is -0.0442. The van der Waals surface area contributed by atoms with Gasteiger partial charge in [0.1, 0.15) is 5.00 Å². The smallest absolute Gasteiger partial charge is 0.251 e. The van der Waals surface area contributed by atoms with Crippen molar-refractivity contribution in [3.05, 3.63) is 51.4 Å². The number of primary amides is 1. The first kappa shape index (κ1) is 18.2. The fourth-order valence-corrected chi connectivity index (χ4v) is 3.71. The molecule has 128 valence electrons. The van der Waals surface area contributed by atoms with Gasteiger partial charge in [-0.3, -0.25) is 9.59 Å². The van der Waals surface area contributed by atoms with Crippen LogP contribution in [-0.2, 0) is 17.6 Å². The SMILES string of the molecule is Cc1sc(NC(=O)Cc2ccc(CC(C)C)cc2)c(C(N)=O)c1C. The van der Waals surface area contributed by atoms with Gasteiger partial charge in [-0.15, -0.1) is 11.3 Å². The summed E-state index contributed by atoms with van der Waals surface area (Å²) >= 11 is 1.38. The fraction of sp³-hybridized carbons (Fsp3) is 0.368. The molecule has 2 rings (SSSR count). The zero-order chi connectivity index (χ0) is 17.9. The summed E-state index contributed by atoms with van der Waals surface area (Å²) in [7, 11) is 0. The van der Waals surface area contributed by atoms with Crippen molar-refractivity contribution >= 4 is 28.2 Å². The van der Waals surface area contributed by atoms with Crippen LogP contribution < -0.4 is 11.1 Å². The first-order chi connectivity index (χ1) is 11.3. The van der Waals surface area contributed by atoms with E-state index in [1.165, 1.54) is 16.9 Å². The van der Waals surface area contributed by atoms with E-state index in [-0.39, 0.29) is 12.3 Å². The van der Waals surface area contributed by atoms with Crippen LogP contribution in [0.25, 0.3) is 0 Å². The van der Waals surface area contributed by atoms with Gasteiger partial charge in [0.15, 0.2) is 0 Å². The number of benzene rings is 1. The number of rotatable bonds is 6. The summed E-state index contributed by atoms with van der Waals surface area (Å²) in [6, 6.07) is 8.10. The van der Waals surface area contributed by atoms with Crippen LogP contribution in [0.5, 0.6) is 0 Å². The van der Waals surface area contributed by atoms with Gasteiger partial charge in [0.05, 0.1) is 12.0 Å². The normalized spacial score (nSPS) is 10.9. The zero-order valence-corrected chi connectivity index (χ0v) is 15.4. The molecule has 0 fully saturated rings. The van der Waals surface area contributed by atoms with Crippen molar-refractivity contribution in [3.8, 4) is 0 Å². The molecule has 0 aliphatic rings. The Morgan fingerprint density at radius 2 is 1.71 bits per heavy atom. The van der Waals surface area contributed by atoms with Crippen LogP contribution in [0.4, 0.5) is 5.00 Å². The molecular weight excluding hydrogens is 320 g/mol. The summed E-state index contributed by atoms with van der Waals surface area (Å²) in [4.78, 5) is 24.9. The molecule has 0 spiro atoms. The molecule has 0 aliphatic carbocycles.